The number of hydrogen-bond acceptors (Lipinski definition) is 4. The van der Waals surface area contributed by atoms with Gasteiger partial charge in [0.2, 0.25) is 10.0 Å². The zero-order chi connectivity index (χ0) is 15.2. The van der Waals surface area contributed by atoms with E-state index in [1.165, 1.54) is 24.3 Å². The molecule has 7 heteroatoms. The maximum absolute atomic E-state index is 12.0. The topological polar surface area (TPSA) is 84.5 Å². The molecule has 1 amide bonds. The van der Waals surface area contributed by atoms with Gasteiger partial charge in [0.15, 0.2) is 0 Å². The molecule has 2 N–H and O–H groups in total. The van der Waals surface area contributed by atoms with E-state index in [4.69, 9.17) is 4.74 Å². The smallest absolute Gasteiger partial charge is 0.411 e. The lowest BCUT2D eigenvalue weighted by molar-refractivity contribution is 0.168. The van der Waals surface area contributed by atoms with E-state index >= 15 is 0 Å². The Labute approximate surface area is 119 Å². The van der Waals surface area contributed by atoms with Crippen molar-refractivity contribution in [2.24, 2.45) is 0 Å². The summed E-state index contributed by atoms with van der Waals surface area (Å²) >= 11 is 0. The summed E-state index contributed by atoms with van der Waals surface area (Å²) in [6.07, 6.45) is 0.141. The highest BCUT2D eigenvalue weighted by molar-refractivity contribution is 7.89. The van der Waals surface area contributed by atoms with Crippen molar-refractivity contribution in [2.45, 2.75) is 38.1 Å². The Bertz CT molecular complexity index is 540. The molecule has 1 unspecified atom stereocenters. The van der Waals surface area contributed by atoms with Crippen LogP contribution in [0.3, 0.4) is 0 Å². The first kappa shape index (κ1) is 16.5. The van der Waals surface area contributed by atoms with Crippen molar-refractivity contribution in [2.75, 3.05) is 11.9 Å². The van der Waals surface area contributed by atoms with E-state index in [1.54, 1.807) is 13.8 Å². The van der Waals surface area contributed by atoms with Gasteiger partial charge in [0, 0.05) is 11.7 Å². The predicted octanol–water partition coefficient (Wildman–Crippen LogP) is 2.33. The van der Waals surface area contributed by atoms with Gasteiger partial charge in [-0.1, -0.05) is 6.92 Å². The van der Waals surface area contributed by atoms with Gasteiger partial charge < -0.3 is 4.74 Å². The Hall–Kier alpha value is -1.60. The number of rotatable bonds is 6. The minimum Gasteiger partial charge on any atom is -0.450 e. The Morgan fingerprint density at radius 2 is 1.85 bits per heavy atom. The minimum absolute atomic E-state index is 0.127. The largest absolute Gasteiger partial charge is 0.450 e. The predicted molar refractivity (Wildman–Crippen MR) is 77.2 cm³/mol. The summed E-state index contributed by atoms with van der Waals surface area (Å²) in [5.74, 6) is 0. The van der Waals surface area contributed by atoms with Crippen LogP contribution < -0.4 is 10.0 Å². The first-order chi connectivity index (χ1) is 9.39. The maximum atomic E-state index is 12.0. The van der Waals surface area contributed by atoms with Crippen LogP contribution in [0.25, 0.3) is 0 Å². The highest BCUT2D eigenvalue weighted by Gasteiger charge is 2.16. The van der Waals surface area contributed by atoms with Crippen LogP contribution in [-0.2, 0) is 14.8 Å². The zero-order valence-corrected chi connectivity index (χ0v) is 12.7. The standard InChI is InChI=1S/C13H20N2O4S/c1-4-10(3)15-20(17,18)12-8-6-11(7-9-12)14-13(16)19-5-2/h6-10,15H,4-5H2,1-3H3,(H,14,16). The molecule has 0 heterocycles. The average molecular weight is 300 g/mol. The fourth-order valence-electron chi connectivity index (χ4n) is 1.42. The van der Waals surface area contributed by atoms with Crippen LogP contribution in [-0.4, -0.2) is 27.2 Å². The minimum atomic E-state index is -3.52. The van der Waals surface area contributed by atoms with E-state index in [2.05, 4.69) is 10.0 Å². The third-order valence-electron chi connectivity index (χ3n) is 2.66. The molecule has 112 valence electrons. The molecule has 0 saturated heterocycles. The van der Waals surface area contributed by atoms with Gasteiger partial charge in [-0.3, -0.25) is 5.32 Å². The second-order valence-electron chi connectivity index (χ2n) is 4.30. The van der Waals surface area contributed by atoms with Crippen molar-refractivity contribution in [3.8, 4) is 0 Å². The molecule has 1 aromatic carbocycles. The van der Waals surface area contributed by atoms with Gasteiger partial charge in [0.05, 0.1) is 11.5 Å². The van der Waals surface area contributed by atoms with Crippen molar-refractivity contribution in [1.82, 2.24) is 4.72 Å². The maximum Gasteiger partial charge on any atom is 0.411 e. The van der Waals surface area contributed by atoms with Crippen molar-refractivity contribution in [1.29, 1.82) is 0 Å². The van der Waals surface area contributed by atoms with Crippen molar-refractivity contribution in [3.63, 3.8) is 0 Å². The number of nitrogens with one attached hydrogen (secondary N) is 2. The van der Waals surface area contributed by atoms with Crippen LogP contribution in [0.2, 0.25) is 0 Å². The molecule has 0 fully saturated rings. The van der Waals surface area contributed by atoms with Gasteiger partial charge in [-0.2, -0.15) is 0 Å². The van der Waals surface area contributed by atoms with Gasteiger partial charge >= 0.3 is 6.09 Å². The molecule has 1 aromatic rings. The Kier molecular flexibility index (Phi) is 5.97. The van der Waals surface area contributed by atoms with Crippen LogP contribution in [0.15, 0.2) is 29.2 Å². The normalized spacial score (nSPS) is 12.8. The van der Waals surface area contributed by atoms with Crippen LogP contribution in [0.1, 0.15) is 27.2 Å². The van der Waals surface area contributed by atoms with Crippen molar-refractivity contribution in [3.05, 3.63) is 24.3 Å². The molecule has 0 aromatic heterocycles. The number of benzene rings is 1. The lowest BCUT2D eigenvalue weighted by Crippen LogP contribution is -2.31. The van der Waals surface area contributed by atoms with E-state index < -0.39 is 16.1 Å². The number of sulfonamides is 1. The molecule has 0 saturated carbocycles. The molecule has 0 aliphatic carbocycles. The third-order valence-corrected chi connectivity index (χ3v) is 4.26. The molecule has 20 heavy (non-hydrogen) atoms. The van der Waals surface area contributed by atoms with E-state index in [0.717, 1.165) is 0 Å². The Balaban J connectivity index is 2.78. The molecule has 1 rings (SSSR count). The Morgan fingerprint density at radius 3 is 2.35 bits per heavy atom. The summed E-state index contributed by atoms with van der Waals surface area (Å²) in [5, 5.41) is 2.50. The van der Waals surface area contributed by atoms with Crippen LogP contribution in [0.5, 0.6) is 0 Å². The van der Waals surface area contributed by atoms with Crippen LogP contribution >= 0.6 is 0 Å². The fourth-order valence-corrected chi connectivity index (χ4v) is 2.75. The molecule has 0 bridgehead atoms. The van der Waals surface area contributed by atoms with Crippen LogP contribution in [0.4, 0.5) is 10.5 Å². The molecular weight excluding hydrogens is 280 g/mol. The number of carbonyl (C=O) groups excluding carboxylic acids is 1. The summed E-state index contributed by atoms with van der Waals surface area (Å²) < 4.78 is 31.3. The lowest BCUT2D eigenvalue weighted by atomic mass is 10.3. The second kappa shape index (κ2) is 7.25. The number of hydrogen-bond donors (Lipinski definition) is 2. The zero-order valence-electron chi connectivity index (χ0n) is 11.8. The van der Waals surface area contributed by atoms with Gasteiger partial charge in [-0.05, 0) is 44.5 Å². The molecule has 0 aliphatic rings. The number of carbonyl (C=O) groups is 1. The molecule has 0 aliphatic heterocycles. The second-order valence-corrected chi connectivity index (χ2v) is 6.01. The third kappa shape index (κ3) is 4.82. The molecule has 1 atom stereocenters. The van der Waals surface area contributed by atoms with E-state index in [-0.39, 0.29) is 17.5 Å². The quantitative estimate of drug-likeness (QED) is 0.844. The summed E-state index contributed by atoms with van der Waals surface area (Å²) in [6, 6.07) is 5.78. The highest BCUT2D eigenvalue weighted by Crippen LogP contribution is 2.14. The molecular formula is C13H20N2O4S. The summed E-state index contributed by atoms with van der Waals surface area (Å²) in [7, 11) is -3.52. The van der Waals surface area contributed by atoms with Gasteiger partial charge in [-0.25, -0.2) is 17.9 Å². The summed E-state index contributed by atoms with van der Waals surface area (Å²) in [4.78, 5) is 11.4. The molecule has 0 spiro atoms. The number of amides is 1. The number of anilines is 1. The molecule has 6 nitrogen and oxygen atoms in total. The first-order valence-corrected chi connectivity index (χ1v) is 7.93. The Morgan fingerprint density at radius 1 is 1.25 bits per heavy atom. The van der Waals surface area contributed by atoms with Gasteiger partial charge in [-0.15, -0.1) is 0 Å². The van der Waals surface area contributed by atoms with Crippen molar-refractivity contribution < 1.29 is 17.9 Å². The van der Waals surface area contributed by atoms with Crippen molar-refractivity contribution >= 4 is 21.8 Å². The monoisotopic (exact) mass is 300 g/mol. The SMILES string of the molecule is CCOC(=O)Nc1ccc(S(=O)(=O)NC(C)CC)cc1. The summed E-state index contributed by atoms with van der Waals surface area (Å²) in [6.45, 7) is 5.68. The highest BCUT2D eigenvalue weighted by atomic mass is 32.2. The first-order valence-electron chi connectivity index (χ1n) is 6.45. The van der Waals surface area contributed by atoms with E-state index in [1.807, 2.05) is 6.92 Å². The lowest BCUT2D eigenvalue weighted by Gasteiger charge is -2.12. The van der Waals surface area contributed by atoms with E-state index in [0.29, 0.717) is 12.1 Å². The fraction of sp³-hybridized carbons (Fsp3) is 0.462. The van der Waals surface area contributed by atoms with Crippen LogP contribution in [0, 0.1) is 0 Å². The molecule has 0 radical (unpaired) electrons. The summed E-state index contributed by atoms with van der Waals surface area (Å²) in [5.41, 5.74) is 0.478. The number of ether oxygens (including phenoxy) is 1. The average Bonchev–Trinajstić information content (AvgIpc) is 2.39. The van der Waals surface area contributed by atoms with Gasteiger partial charge in [0.25, 0.3) is 0 Å². The van der Waals surface area contributed by atoms with E-state index in [9.17, 15) is 13.2 Å². The van der Waals surface area contributed by atoms with Gasteiger partial charge in [0.1, 0.15) is 0 Å².